The van der Waals surface area contributed by atoms with Gasteiger partial charge >= 0.3 is 5.97 Å². The van der Waals surface area contributed by atoms with Gasteiger partial charge in [0.15, 0.2) is 0 Å². The molecule has 0 saturated carbocycles. The zero-order chi connectivity index (χ0) is 8.43. The second-order valence-corrected chi connectivity index (χ2v) is 2.67. The van der Waals surface area contributed by atoms with Gasteiger partial charge in [-0.2, -0.15) is 0 Å². The third kappa shape index (κ3) is 1.50. The summed E-state index contributed by atoms with van der Waals surface area (Å²) in [6.45, 7) is 2.84. The molecule has 1 fully saturated rings. The molecule has 4 heteroatoms. The number of carboxylic acids is 1. The molecule has 1 heterocycles. The van der Waals surface area contributed by atoms with Gasteiger partial charge in [0.2, 0.25) is 5.91 Å². The van der Waals surface area contributed by atoms with Crippen LogP contribution in [0.3, 0.4) is 0 Å². The van der Waals surface area contributed by atoms with Crippen LogP contribution in [0.2, 0.25) is 0 Å². The average Bonchev–Trinajstić information content (AvgIpc) is 2.31. The number of carbonyl (C=O) groups excluding carboxylic acids is 1. The Bertz CT molecular complexity index is 190. The summed E-state index contributed by atoms with van der Waals surface area (Å²) in [6.07, 6.45) is 0.170. The van der Waals surface area contributed by atoms with Crippen LogP contribution >= 0.6 is 0 Å². The van der Waals surface area contributed by atoms with Crippen LogP contribution in [0.15, 0.2) is 0 Å². The molecule has 0 aromatic rings. The lowest BCUT2D eigenvalue weighted by Gasteiger charge is -2.11. The first-order chi connectivity index (χ1) is 5.15. The fourth-order valence-corrected chi connectivity index (χ4v) is 1.24. The molecule has 0 radical (unpaired) electrons. The molecule has 0 aromatic heterocycles. The van der Waals surface area contributed by atoms with Crippen molar-refractivity contribution in [1.29, 1.82) is 0 Å². The number of nitrogens with zero attached hydrogens (tertiary/aromatic N) is 1. The molecule has 0 aliphatic carbocycles. The molecule has 1 saturated heterocycles. The minimum absolute atomic E-state index is 0.0418. The van der Waals surface area contributed by atoms with Gasteiger partial charge in [-0.25, -0.2) is 0 Å². The Morgan fingerprint density at radius 1 is 1.82 bits per heavy atom. The Morgan fingerprint density at radius 3 is 2.73 bits per heavy atom. The molecule has 0 spiro atoms. The maximum atomic E-state index is 11.0. The predicted molar refractivity (Wildman–Crippen MR) is 38.0 cm³/mol. The van der Waals surface area contributed by atoms with Crippen LogP contribution in [0.1, 0.15) is 13.3 Å². The number of hydrogen-bond donors (Lipinski definition) is 1. The van der Waals surface area contributed by atoms with Gasteiger partial charge in [-0.1, -0.05) is 0 Å². The van der Waals surface area contributed by atoms with Crippen LogP contribution in [0, 0.1) is 5.92 Å². The lowest BCUT2D eigenvalue weighted by atomic mass is 10.1. The van der Waals surface area contributed by atoms with Crippen LogP contribution in [0.4, 0.5) is 0 Å². The fraction of sp³-hybridized carbons (Fsp3) is 0.714. The molecule has 62 valence electrons. The quantitative estimate of drug-likeness (QED) is 0.610. The molecule has 0 unspecified atom stereocenters. The van der Waals surface area contributed by atoms with E-state index in [9.17, 15) is 9.59 Å². The minimum atomic E-state index is -0.866. The van der Waals surface area contributed by atoms with E-state index in [1.807, 2.05) is 6.92 Å². The van der Waals surface area contributed by atoms with Gasteiger partial charge in [0.25, 0.3) is 0 Å². The van der Waals surface area contributed by atoms with Gasteiger partial charge in [-0.3, -0.25) is 9.59 Å². The topological polar surface area (TPSA) is 57.6 Å². The zero-order valence-corrected chi connectivity index (χ0v) is 6.41. The van der Waals surface area contributed by atoms with E-state index in [-0.39, 0.29) is 12.3 Å². The number of hydrogen-bond acceptors (Lipinski definition) is 2. The molecule has 4 nitrogen and oxygen atoms in total. The lowest BCUT2D eigenvalue weighted by Crippen LogP contribution is -2.25. The van der Waals surface area contributed by atoms with E-state index in [0.717, 1.165) is 0 Å². The van der Waals surface area contributed by atoms with Crippen LogP contribution < -0.4 is 0 Å². The lowest BCUT2D eigenvalue weighted by molar-refractivity contribution is -0.141. The Balaban J connectivity index is 2.56. The highest BCUT2D eigenvalue weighted by molar-refractivity contribution is 5.85. The van der Waals surface area contributed by atoms with Gasteiger partial charge in [0, 0.05) is 19.5 Å². The third-order valence-corrected chi connectivity index (χ3v) is 1.95. The summed E-state index contributed by atoms with van der Waals surface area (Å²) in [4.78, 5) is 23.0. The van der Waals surface area contributed by atoms with Crippen LogP contribution in [-0.2, 0) is 9.59 Å². The van der Waals surface area contributed by atoms with E-state index in [1.54, 1.807) is 4.90 Å². The van der Waals surface area contributed by atoms with E-state index in [1.165, 1.54) is 0 Å². The summed E-state index contributed by atoms with van der Waals surface area (Å²) in [5, 5.41) is 8.57. The summed E-state index contributed by atoms with van der Waals surface area (Å²) in [6, 6.07) is 0. The molecular formula is C7H11NO3. The number of carbonyl (C=O) groups is 2. The maximum Gasteiger partial charge on any atom is 0.308 e. The summed E-state index contributed by atoms with van der Waals surface area (Å²) in [5.74, 6) is -1.39. The summed E-state index contributed by atoms with van der Waals surface area (Å²) < 4.78 is 0. The second-order valence-electron chi connectivity index (χ2n) is 2.67. The molecule has 1 aliphatic rings. The summed E-state index contributed by atoms with van der Waals surface area (Å²) in [7, 11) is 0. The molecule has 1 amide bonds. The van der Waals surface area contributed by atoms with Crippen molar-refractivity contribution in [2.24, 2.45) is 5.92 Å². The Labute approximate surface area is 64.8 Å². The first-order valence-electron chi connectivity index (χ1n) is 3.65. The van der Waals surface area contributed by atoms with Crippen molar-refractivity contribution >= 4 is 11.9 Å². The van der Waals surface area contributed by atoms with Crippen molar-refractivity contribution < 1.29 is 14.7 Å². The number of aliphatic carboxylic acids is 1. The summed E-state index contributed by atoms with van der Waals surface area (Å²) in [5.41, 5.74) is 0. The number of likely N-dealkylation sites (tertiary alicyclic amines) is 1. The number of rotatable bonds is 2. The van der Waals surface area contributed by atoms with Gasteiger partial charge in [0.05, 0.1) is 5.92 Å². The molecule has 1 N–H and O–H groups in total. The highest BCUT2D eigenvalue weighted by Gasteiger charge is 2.32. The number of amides is 1. The minimum Gasteiger partial charge on any atom is -0.481 e. The average molecular weight is 157 g/mol. The van der Waals surface area contributed by atoms with E-state index < -0.39 is 11.9 Å². The maximum absolute atomic E-state index is 11.0. The molecule has 11 heavy (non-hydrogen) atoms. The molecular weight excluding hydrogens is 146 g/mol. The highest BCUT2D eigenvalue weighted by Crippen LogP contribution is 2.16. The van der Waals surface area contributed by atoms with Gasteiger partial charge < -0.3 is 10.0 Å². The molecule has 0 bridgehead atoms. The fourth-order valence-electron chi connectivity index (χ4n) is 1.24. The van der Waals surface area contributed by atoms with Crippen molar-refractivity contribution in [2.75, 3.05) is 13.1 Å². The monoisotopic (exact) mass is 157 g/mol. The third-order valence-electron chi connectivity index (χ3n) is 1.95. The van der Waals surface area contributed by atoms with Gasteiger partial charge in [-0.15, -0.1) is 0 Å². The van der Waals surface area contributed by atoms with Gasteiger partial charge in [0.1, 0.15) is 0 Å². The first-order valence-corrected chi connectivity index (χ1v) is 3.65. The van der Waals surface area contributed by atoms with Crippen LogP contribution in [0.25, 0.3) is 0 Å². The van der Waals surface area contributed by atoms with E-state index >= 15 is 0 Å². The Kier molecular flexibility index (Phi) is 2.12. The smallest absolute Gasteiger partial charge is 0.308 e. The standard InChI is InChI=1S/C7H11NO3/c1-2-8-4-5(7(10)11)3-6(8)9/h5H,2-4H2,1H3,(H,10,11)/t5-/m0/s1. The molecule has 1 rings (SSSR count). The van der Waals surface area contributed by atoms with E-state index in [2.05, 4.69) is 0 Å². The number of carboxylic acid groups (broad SMARTS) is 1. The second kappa shape index (κ2) is 2.90. The normalized spacial score (nSPS) is 24.3. The van der Waals surface area contributed by atoms with Crippen molar-refractivity contribution in [3.63, 3.8) is 0 Å². The zero-order valence-electron chi connectivity index (χ0n) is 6.41. The van der Waals surface area contributed by atoms with Crippen molar-refractivity contribution in [3.8, 4) is 0 Å². The first kappa shape index (κ1) is 8.04. The van der Waals surface area contributed by atoms with Crippen molar-refractivity contribution in [1.82, 2.24) is 4.90 Å². The molecule has 1 aliphatic heterocycles. The van der Waals surface area contributed by atoms with Crippen LogP contribution in [0.5, 0.6) is 0 Å². The largest absolute Gasteiger partial charge is 0.481 e. The summed E-state index contributed by atoms with van der Waals surface area (Å²) >= 11 is 0. The Hall–Kier alpha value is -1.06. The highest BCUT2D eigenvalue weighted by atomic mass is 16.4. The van der Waals surface area contributed by atoms with Crippen molar-refractivity contribution in [2.45, 2.75) is 13.3 Å². The molecule has 1 atom stereocenters. The van der Waals surface area contributed by atoms with Crippen molar-refractivity contribution in [3.05, 3.63) is 0 Å². The van der Waals surface area contributed by atoms with Gasteiger partial charge in [-0.05, 0) is 6.92 Å². The van der Waals surface area contributed by atoms with Crippen LogP contribution in [-0.4, -0.2) is 35.0 Å². The van der Waals surface area contributed by atoms with E-state index in [0.29, 0.717) is 13.1 Å². The predicted octanol–water partition coefficient (Wildman–Crippen LogP) is -0.0606. The van der Waals surface area contributed by atoms with E-state index in [4.69, 9.17) is 5.11 Å². The Morgan fingerprint density at radius 2 is 2.45 bits per heavy atom. The molecule has 0 aromatic carbocycles. The SMILES string of the molecule is CCN1C[C@@H](C(=O)O)CC1=O.